The van der Waals surface area contributed by atoms with Gasteiger partial charge in [0.25, 0.3) is 0 Å². The van der Waals surface area contributed by atoms with Crippen molar-refractivity contribution in [1.82, 2.24) is 15.5 Å². The van der Waals surface area contributed by atoms with Crippen LogP contribution in [-0.4, -0.2) is 36.4 Å². The molecule has 2 aliphatic rings. The summed E-state index contributed by atoms with van der Waals surface area (Å²) in [6, 6.07) is 0. The van der Waals surface area contributed by atoms with Crippen molar-refractivity contribution in [3.8, 4) is 0 Å². The van der Waals surface area contributed by atoms with Gasteiger partial charge in [-0.2, -0.15) is 4.98 Å². The molecule has 0 radical (unpaired) electrons. The molecule has 0 aliphatic carbocycles. The van der Waals surface area contributed by atoms with Crippen LogP contribution in [0.2, 0.25) is 0 Å². The Kier molecular flexibility index (Phi) is 3.35. The van der Waals surface area contributed by atoms with E-state index in [2.05, 4.69) is 22.4 Å². The number of ether oxygens (including phenoxy) is 1. The molecule has 2 aliphatic heterocycles. The second-order valence-corrected chi connectivity index (χ2v) is 5.48. The Hall–Kier alpha value is -0.940. The maximum atomic E-state index is 5.56. The highest BCUT2D eigenvalue weighted by atomic mass is 16.5. The zero-order valence-corrected chi connectivity index (χ0v) is 10.9. The Morgan fingerprint density at radius 3 is 3.11 bits per heavy atom. The molecule has 2 unspecified atom stereocenters. The van der Waals surface area contributed by atoms with Gasteiger partial charge < -0.3 is 14.6 Å². The van der Waals surface area contributed by atoms with E-state index in [1.807, 2.05) is 0 Å². The highest BCUT2D eigenvalue weighted by Crippen LogP contribution is 2.35. The van der Waals surface area contributed by atoms with E-state index in [-0.39, 0.29) is 5.41 Å². The summed E-state index contributed by atoms with van der Waals surface area (Å²) in [5.41, 5.74) is 0.0689. The smallest absolute Gasteiger partial charge is 0.234 e. The molecule has 2 fully saturated rings. The number of hydrogen-bond acceptors (Lipinski definition) is 5. The summed E-state index contributed by atoms with van der Waals surface area (Å²) in [4.78, 5) is 4.67. The average Bonchev–Trinajstić information content (AvgIpc) is 3.11. The first kappa shape index (κ1) is 12.1. The number of nitrogens with zero attached hydrogens (tertiary/aromatic N) is 2. The molecule has 1 aromatic heterocycles. The van der Waals surface area contributed by atoms with Gasteiger partial charge in [-0.1, -0.05) is 18.5 Å². The van der Waals surface area contributed by atoms with Crippen LogP contribution >= 0.6 is 0 Å². The lowest BCUT2D eigenvalue weighted by Crippen LogP contribution is -2.29. The summed E-state index contributed by atoms with van der Waals surface area (Å²) < 4.78 is 10.9. The summed E-state index contributed by atoms with van der Waals surface area (Å²) in [6.07, 6.45) is 4.37. The minimum atomic E-state index is 0.0689. The second-order valence-electron chi connectivity index (χ2n) is 5.48. The molecule has 2 saturated heterocycles. The lowest BCUT2D eigenvalue weighted by atomic mass is 9.82. The average molecular weight is 251 g/mol. The van der Waals surface area contributed by atoms with Gasteiger partial charge in [0.15, 0.2) is 5.82 Å². The van der Waals surface area contributed by atoms with Crippen molar-refractivity contribution in [3.63, 3.8) is 0 Å². The number of nitrogens with one attached hydrogen (secondary N) is 1. The van der Waals surface area contributed by atoms with E-state index in [0.29, 0.717) is 5.92 Å². The summed E-state index contributed by atoms with van der Waals surface area (Å²) in [5, 5.41) is 7.60. The van der Waals surface area contributed by atoms with E-state index in [1.165, 1.54) is 0 Å². The first-order valence-electron chi connectivity index (χ1n) is 6.96. The third-order valence-electron chi connectivity index (χ3n) is 4.16. The zero-order valence-electron chi connectivity index (χ0n) is 10.9. The fourth-order valence-corrected chi connectivity index (χ4v) is 3.08. The standard InChI is InChI=1S/C13H21N3O2/c1-2-4-13(5-6-14-9-13)12-15-11(16-18-12)10-3-7-17-8-10/h10,14H,2-9H2,1H3. The normalized spacial score (nSPS) is 32.2. The van der Waals surface area contributed by atoms with Crippen molar-refractivity contribution in [2.45, 2.75) is 43.9 Å². The molecule has 18 heavy (non-hydrogen) atoms. The van der Waals surface area contributed by atoms with Gasteiger partial charge >= 0.3 is 0 Å². The molecule has 0 saturated carbocycles. The van der Waals surface area contributed by atoms with Crippen LogP contribution in [0.1, 0.15) is 50.2 Å². The summed E-state index contributed by atoms with van der Waals surface area (Å²) in [6.45, 7) is 5.77. The lowest BCUT2D eigenvalue weighted by molar-refractivity contribution is 0.192. The Morgan fingerprint density at radius 2 is 2.44 bits per heavy atom. The lowest BCUT2D eigenvalue weighted by Gasteiger charge is -2.22. The SMILES string of the molecule is CCCC1(c2nc(C3CCOC3)no2)CCNC1. The quantitative estimate of drug-likeness (QED) is 0.881. The number of rotatable bonds is 4. The predicted octanol–water partition coefficient (Wildman–Crippen LogP) is 1.60. The third-order valence-corrected chi connectivity index (χ3v) is 4.16. The molecule has 5 nitrogen and oxygen atoms in total. The summed E-state index contributed by atoms with van der Waals surface area (Å²) >= 11 is 0. The highest BCUT2D eigenvalue weighted by Gasteiger charge is 2.40. The Morgan fingerprint density at radius 1 is 1.50 bits per heavy atom. The third kappa shape index (κ3) is 2.06. The molecule has 0 amide bonds. The number of hydrogen-bond donors (Lipinski definition) is 1. The first-order valence-corrected chi connectivity index (χ1v) is 6.96. The molecule has 3 rings (SSSR count). The molecule has 1 aromatic rings. The van der Waals surface area contributed by atoms with Crippen LogP contribution in [0.25, 0.3) is 0 Å². The molecule has 1 N–H and O–H groups in total. The fourth-order valence-electron chi connectivity index (χ4n) is 3.08. The van der Waals surface area contributed by atoms with Crippen molar-refractivity contribution in [1.29, 1.82) is 0 Å². The van der Waals surface area contributed by atoms with Crippen LogP contribution in [0.3, 0.4) is 0 Å². The van der Waals surface area contributed by atoms with Crippen molar-refractivity contribution in [2.24, 2.45) is 0 Å². The van der Waals surface area contributed by atoms with E-state index < -0.39 is 0 Å². The van der Waals surface area contributed by atoms with Crippen LogP contribution < -0.4 is 5.32 Å². The van der Waals surface area contributed by atoms with E-state index >= 15 is 0 Å². The molecule has 3 heterocycles. The van der Waals surface area contributed by atoms with Crippen molar-refractivity contribution >= 4 is 0 Å². The van der Waals surface area contributed by atoms with Gasteiger partial charge in [-0.3, -0.25) is 0 Å². The maximum Gasteiger partial charge on any atom is 0.234 e. The van der Waals surface area contributed by atoms with Crippen molar-refractivity contribution in [3.05, 3.63) is 11.7 Å². The van der Waals surface area contributed by atoms with E-state index in [0.717, 1.165) is 63.7 Å². The van der Waals surface area contributed by atoms with Crippen LogP contribution in [0.4, 0.5) is 0 Å². The topological polar surface area (TPSA) is 60.2 Å². The second kappa shape index (κ2) is 4.97. The van der Waals surface area contributed by atoms with Gasteiger partial charge in [-0.05, 0) is 25.8 Å². The number of aromatic nitrogens is 2. The minimum absolute atomic E-state index is 0.0689. The summed E-state index contributed by atoms with van der Waals surface area (Å²) in [7, 11) is 0. The molecular formula is C13H21N3O2. The molecule has 0 spiro atoms. The summed E-state index contributed by atoms with van der Waals surface area (Å²) in [5.74, 6) is 2.00. The molecule has 100 valence electrons. The van der Waals surface area contributed by atoms with E-state index in [1.54, 1.807) is 0 Å². The van der Waals surface area contributed by atoms with Crippen LogP contribution in [0, 0.1) is 0 Å². The zero-order chi connectivity index (χ0) is 12.4. The van der Waals surface area contributed by atoms with Gasteiger partial charge in [0.05, 0.1) is 12.0 Å². The molecule has 0 bridgehead atoms. The molecule has 0 aromatic carbocycles. The fraction of sp³-hybridized carbons (Fsp3) is 0.846. The molecular weight excluding hydrogens is 230 g/mol. The van der Waals surface area contributed by atoms with Gasteiger partial charge in [0, 0.05) is 19.1 Å². The minimum Gasteiger partial charge on any atom is -0.381 e. The van der Waals surface area contributed by atoms with Crippen LogP contribution in [-0.2, 0) is 10.2 Å². The van der Waals surface area contributed by atoms with Crippen molar-refractivity contribution < 1.29 is 9.26 Å². The predicted molar refractivity (Wildman–Crippen MR) is 66.5 cm³/mol. The first-order chi connectivity index (χ1) is 8.84. The largest absolute Gasteiger partial charge is 0.381 e. The van der Waals surface area contributed by atoms with Gasteiger partial charge in [-0.15, -0.1) is 0 Å². The Balaban J connectivity index is 1.82. The van der Waals surface area contributed by atoms with Gasteiger partial charge in [0.2, 0.25) is 5.89 Å². The van der Waals surface area contributed by atoms with Gasteiger partial charge in [-0.25, -0.2) is 0 Å². The Bertz CT molecular complexity index is 393. The molecule has 5 heteroatoms. The Labute approximate surface area is 107 Å². The molecule has 2 atom stereocenters. The van der Waals surface area contributed by atoms with Crippen molar-refractivity contribution in [2.75, 3.05) is 26.3 Å². The maximum absolute atomic E-state index is 5.56. The van der Waals surface area contributed by atoms with Crippen LogP contribution in [0.15, 0.2) is 4.52 Å². The highest BCUT2D eigenvalue weighted by molar-refractivity contribution is 5.11. The van der Waals surface area contributed by atoms with Gasteiger partial charge in [0.1, 0.15) is 0 Å². The van der Waals surface area contributed by atoms with Crippen LogP contribution in [0.5, 0.6) is 0 Å². The van der Waals surface area contributed by atoms with E-state index in [4.69, 9.17) is 9.26 Å². The van der Waals surface area contributed by atoms with E-state index in [9.17, 15) is 0 Å². The monoisotopic (exact) mass is 251 g/mol.